The largest absolute Gasteiger partial charge is 0.443 e. The van der Waals surface area contributed by atoms with Crippen LogP contribution in [0.15, 0.2) is 65.6 Å². The molecule has 1 aliphatic carbocycles. The minimum Gasteiger partial charge on any atom is -0.443 e. The Morgan fingerprint density at radius 1 is 1.06 bits per heavy atom. The van der Waals surface area contributed by atoms with Crippen LogP contribution < -0.4 is 4.90 Å². The lowest BCUT2D eigenvalue weighted by molar-refractivity contribution is -0.123. The summed E-state index contributed by atoms with van der Waals surface area (Å²) in [5, 5.41) is 1.88. The van der Waals surface area contributed by atoms with Gasteiger partial charge in [-0.05, 0) is 62.1 Å². The number of hydrogen-bond acceptors (Lipinski definition) is 6. The molecule has 4 rings (SSSR count). The monoisotopic (exact) mass is 435 g/mol. The van der Waals surface area contributed by atoms with Crippen LogP contribution in [0.5, 0.6) is 0 Å². The lowest BCUT2D eigenvalue weighted by Gasteiger charge is -2.31. The second-order valence-electron chi connectivity index (χ2n) is 8.46. The quantitative estimate of drug-likeness (QED) is 0.677. The number of nitrogens with zero attached hydrogens (tertiary/aromatic N) is 1. The molecule has 0 saturated heterocycles. The van der Waals surface area contributed by atoms with Gasteiger partial charge in [-0.2, -0.15) is 0 Å². The Bertz CT molecular complexity index is 1150. The number of fused-ring (bicyclic) bond motifs is 1. The molecule has 2 amide bonds. The Balaban J connectivity index is 1.94. The smallest absolute Gasteiger partial charge is 0.421 e. The van der Waals surface area contributed by atoms with E-state index in [1.165, 1.54) is 29.6 Å². The summed E-state index contributed by atoms with van der Waals surface area (Å²) in [4.78, 5) is 54.0. The number of carbonyl (C=O) groups is 4. The predicted molar refractivity (Wildman–Crippen MR) is 117 cm³/mol. The van der Waals surface area contributed by atoms with Crippen molar-refractivity contribution in [2.45, 2.75) is 38.2 Å². The van der Waals surface area contributed by atoms with Gasteiger partial charge in [0.2, 0.25) is 0 Å². The van der Waals surface area contributed by atoms with Gasteiger partial charge in [-0.25, -0.2) is 9.69 Å². The van der Waals surface area contributed by atoms with Gasteiger partial charge in [0.25, 0.3) is 5.91 Å². The fraction of sp³-hybridized carbons (Fsp3) is 0.250. The van der Waals surface area contributed by atoms with Gasteiger partial charge in [0.1, 0.15) is 11.0 Å². The summed E-state index contributed by atoms with van der Waals surface area (Å²) in [7, 11) is 0. The third kappa shape index (κ3) is 3.55. The number of rotatable bonds is 3. The maximum atomic E-state index is 14.0. The normalized spacial score (nSPS) is 20.7. The standard InChI is InChI=1S/C24H21NO5S/c1-23(2,3)30-22(29)25-19-9-5-4-8-17(19)24(21(25)28,14-16-7-6-12-31-16)18-13-15(26)10-11-20(18)27/h4-13H,14H2,1-3H3. The number of amides is 2. The first kappa shape index (κ1) is 20.9. The number of ether oxygens (including phenoxy) is 1. The lowest BCUT2D eigenvalue weighted by atomic mass is 9.69. The van der Waals surface area contributed by atoms with E-state index < -0.39 is 28.8 Å². The van der Waals surface area contributed by atoms with Crippen LogP contribution in [0.25, 0.3) is 0 Å². The Morgan fingerprint density at radius 2 is 1.81 bits per heavy atom. The van der Waals surface area contributed by atoms with Crippen molar-refractivity contribution in [2.24, 2.45) is 0 Å². The van der Waals surface area contributed by atoms with Crippen molar-refractivity contribution < 1.29 is 23.9 Å². The summed E-state index contributed by atoms with van der Waals surface area (Å²) >= 11 is 1.44. The Morgan fingerprint density at radius 3 is 2.48 bits per heavy atom. The van der Waals surface area contributed by atoms with Crippen LogP contribution in [0, 0.1) is 0 Å². The van der Waals surface area contributed by atoms with Crippen molar-refractivity contribution in [1.82, 2.24) is 0 Å². The van der Waals surface area contributed by atoms with E-state index in [0.717, 1.165) is 9.78 Å². The maximum Gasteiger partial charge on any atom is 0.421 e. The van der Waals surface area contributed by atoms with E-state index in [4.69, 9.17) is 4.74 Å². The number of anilines is 1. The summed E-state index contributed by atoms with van der Waals surface area (Å²) < 4.78 is 5.50. The second-order valence-corrected chi connectivity index (χ2v) is 9.49. The van der Waals surface area contributed by atoms with Crippen molar-refractivity contribution in [1.29, 1.82) is 0 Å². The minimum absolute atomic E-state index is 0.0666. The topological polar surface area (TPSA) is 80.8 Å². The predicted octanol–water partition coefficient (Wildman–Crippen LogP) is 4.14. The molecule has 158 valence electrons. The Kier molecular flexibility index (Phi) is 5.01. The van der Waals surface area contributed by atoms with Gasteiger partial charge in [0.15, 0.2) is 11.6 Å². The van der Waals surface area contributed by atoms with Crippen molar-refractivity contribution in [3.63, 3.8) is 0 Å². The molecule has 1 aliphatic heterocycles. The molecule has 0 saturated carbocycles. The molecule has 0 bridgehead atoms. The van der Waals surface area contributed by atoms with Gasteiger partial charge in [-0.3, -0.25) is 14.4 Å². The number of ketones is 2. The average molecular weight is 436 g/mol. The molecule has 0 N–H and O–H groups in total. The third-order valence-electron chi connectivity index (χ3n) is 5.18. The van der Waals surface area contributed by atoms with Crippen LogP contribution >= 0.6 is 11.3 Å². The van der Waals surface area contributed by atoms with Gasteiger partial charge in [-0.15, -0.1) is 11.3 Å². The zero-order valence-corrected chi connectivity index (χ0v) is 18.2. The van der Waals surface area contributed by atoms with Gasteiger partial charge in [-0.1, -0.05) is 24.3 Å². The third-order valence-corrected chi connectivity index (χ3v) is 6.06. The summed E-state index contributed by atoms with van der Waals surface area (Å²) in [5.41, 5.74) is -1.40. The zero-order chi connectivity index (χ0) is 22.4. The molecule has 2 aliphatic rings. The minimum atomic E-state index is -1.50. The molecule has 1 atom stereocenters. The zero-order valence-electron chi connectivity index (χ0n) is 17.4. The molecule has 0 radical (unpaired) electrons. The van der Waals surface area contributed by atoms with Crippen LogP contribution in [-0.2, 0) is 31.0 Å². The van der Waals surface area contributed by atoms with Crippen LogP contribution in [-0.4, -0.2) is 29.2 Å². The highest BCUT2D eigenvalue weighted by Gasteiger charge is 2.57. The Labute approximate surface area is 183 Å². The highest BCUT2D eigenvalue weighted by atomic mass is 32.1. The lowest BCUT2D eigenvalue weighted by Crippen LogP contribution is -2.48. The molecule has 31 heavy (non-hydrogen) atoms. The molecular weight excluding hydrogens is 414 g/mol. The van der Waals surface area contributed by atoms with E-state index in [0.29, 0.717) is 11.3 Å². The van der Waals surface area contributed by atoms with Crippen molar-refractivity contribution >= 4 is 40.6 Å². The number of hydrogen-bond donors (Lipinski definition) is 0. The van der Waals surface area contributed by atoms with E-state index in [9.17, 15) is 19.2 Å². The summed E-state index contributed by atoms with van der Waals surface area (Å²) in [6.07, 6.45) is 2.91. The molecule has 0 fully saturated rings. The number of allylic oxidation sites excluding steroid dienone is 3. The number of benzene rings is 1. The first-order valence-electron chi connectivity index (χ1n) is 9.81. The number of imide groups is 1. The number of para-hydroxylation sites is 1. The van der Waals surface area contributed by atoms with Crippen LogP contribution in [0.1, 0.15) is 31.2 Å². The molecule has 1 unspecified atom stereocenters. The maximum absolute atomic E-state index is 14.0. The van der Waals surface area contributed by atoms with E-state index in [1.54, 1.807) is 45.0 Å². The molecule has 2 heterocycles. The number of thiophene rings is 1. The van der Waals surface area contributed by atoms with Gasteiger partial charge in [0, 0.05) is 16.9 Å². The molecule has 6 nitrogen and oxygen atoms in total. The fourth-order valence-corrected chi connectivity index (χ4v) is 4.77. The van der Waals surface area contributed by atoms with Crippen LogP contribution in [0.4, 0.5) is 10.5 Å². The van der Waals surface area contributed by atoms with Crippen LogP contribution in [0.3, 0.4) is 0 Å². The SMILES string of the molecule is CC(C)(C)OC(=O)N1C(=O)C(Cc2cccs2)(C2=CC(=O)C=CC2=O)c2ccccc21. The highest BCUT2D eigenvalue weighted by molar-refractivity contribution is 7.09. The van der Waals surface area contributed by atoms with Crippen molar-refractivity contribution in [3.8, 4) is 0 Å². The average Bonchev–Trinajstić information content (AvgIpc) is 3.28. The van der Waals surface area contributed by atoms with E-state index in [1.807, 2.05) is 17.5 Å². The van der Waals surface area contributed by atoms with Gasteiger partial charge in [0.05, 0.1) is 5.69 Å². The first-order valence-corrected chi connectivity index (χ1v) is 10.7. The molecule has 2 aromatic rings. The van der Waals surface area contributed by atoms with Gasteiger partial charge >= 0.3 is 6.09 Å². The van der Waals surface area contributed by atoms with Crippen molar-refractivity contribution in [2.75, 3.05) is 4.90 Å². The summed E-state index contributed by atoms with van der Waals surface area (Å²) in [6, 6.07) is 10.6. The van der Waals surface area contributed by atoms with E-state index in [2.05, 4.69) is 0 Å². The first-order chi connectivity index (χ1) is 14.6. The molecule has 1 aromatic carbocycles. The van der Waals surface area contributed by atoms with Crippen LogP contribution in [0.2, 0.25) is 0 Å². The summed E-state index contributed by atoms with van der Waals surface area (Å²) in [5.74, 6) is -1.40. The van der Waals surface area contributed by atoms with E-state index >= 15 is 0 Å². The molecule has 0 spiro atoms. The molecule has 7 heteroatoms. The van der Waals surface area contributed by atoms with E-state index in [-0.39, 0.29) is 17.8 Å². The second kappa shape index (κ2) is 7.42. The van der Waals surface area contributed by atoms with Crippen molar-refractivity contribution in [3.05, 3.63) is 76.0 Å². The fourth-order valence-electron chi connectivity index (χ4n) is 3.98. The molecular formula is C24H21NO5S. The summed E-state index contributed by atoms with van der Waals surface area (Å²) in [6.45, 7) is 5.15. The highest BCUT2D eigenvalue weighted by Crippen LogP contribution is 2.50. The number of carbonyl (C=O) groups excluding carboxylic acids is 4. The Hall–Kier alpha value is -3.32. The molecule has 1 aromatic heterocycles. The van der Waals surface area contributed by atoms with Gasteiger partial charge < -0.3 is 4.74 Å².